The summed E-state index contributed by atoms with van der Waals surface area (Å²) in [7, 11) is 0. The van der Waals surface area contributed by atoms with E-state index in [2.05, 4.69) is 0 Å². The Hall–Kier alpha value is -0.830. The van der Waals surface area contributed by atoms with E-state index < -0.39 is 11.6 Å². The third kappa shape index (κ3) is 2.08. The highest BCUT2D eigenvalue weighted by molar-refractivity contribution is 5.77. The van der Waals surface area contributed by atoms with Crippen LogP contribution in [-0.2, 0) is 4.79 Å². The van der Waals surface area contributed by atoms with Gasteiger partial charge in [0, 0.05) is 0 Å². The van der Waals surface area contributed by atoms with E-state index in [1.54, 1.807) is 0 Å². The molecule has 0 radical (unpaired) electrons. The normalized spacial score (nSPS) is 30.8. The van der Waals surface area contributed by atoms with Gasteiger partial charge < -0.3 is 10.2 Å². The van der Waals surface area contributed by atoms with Crippen molar-refractivity contribution < 1.29 is 15.0 Å². The van der Waals surface area contributed by atoms with Gasteiger partial charge in [-0.3, -0.25) is 0 Å². The van der Waals surface area contributed by atoms with Crippen molar-refractivity contribution in [2.75, 3.05) is 0 Å². The number of carboxylic acid groups (broad SMARTS) is 1. The maximum Gasteiger partial charge on any atom is 0.335 e. The van der Waals surface area contributed by atoms with Gasteiger partial charge in [-0.05, 0) is 32.1 Å². The molecule has 12 heavy (non-hydrogen) atoms. The Bertz CT molecular complexity index is 198. The summed E-state index contributed by atoms with van der Waals surface area (Å²) in [5.74, 6) is -1.09. The third-order valence-electron chi connectivity index (χ3n) is 2.25. The number of hydrogen-bond donors (Lipinski definition) is 2. The van der Waals surface area contributed by atoms with Gasteiger partial charge in [0.05, 0.1) is 0 Å². The van der Waals surface area contributed by atoms with E-state index in [-0.39, 0.29) is 0 Å². The molecule has 0 aromatic rings. The van der Waals surface area contributed by atoms with E-state index >= 15 is 0 Å². The summed E-state index contributed by atoms with van der Waals surface area (Å²) in [6, 6.07) is 0. The number of hydrogen-bond acceptors (Lipinski definition) is 2. The number of aliphatic carboxylic acids is 1. The highest BCUT2D eigenvalue weighted by atomic mass is 16.4. The van der Waals surface area contributed by atoms with Crippen LogP contribution in [0.5, 0.6) is 0 Å². The van der Waals surface area contributed by atoms with E-state index in [0.717, 1.165) is 12.8 Å². The van der Waals surface area contributed by atoms with Crippen LogP contribution in [0.1, 0.15) is 32.1 Å². The first-order valence-electron chi connectivity index (χ1n) is 4.26. The molecule has 1 unspecified atom stereocenters. The maximum absolute atomic E-state index is 10.7. The molecule has 0 amide bonds. The van der Waals surface area contributed by atoms with Crippen LogP contribution in [0.2, 0.25) is 0 Å². The maximum atomic E-state index is 10.7. The minimum atomic E-state index is -1.48. The topological polar surface area (TPSA) is 57.5 Å². The van der Waals surface area contributed by atoms with Crippen LogP contribution >= 0.6 is 0 Å². The molecule has 1 aliphatic rings. The quantitative estimate of drug-likeness (QED) is 0.583. The summed E-state index contributed by atoms with van der Waals surface area (Å²) in [5.41, 5.74) is -1.48. The summed E-state index contributed by atoms with van der Waals surface area (Å²) >= 11 is 0. The van der Waals surface area contributed by atoms with Crippen molar-refractivity contribution in [2.45, 2.75) is 37.7 Å². The SMILES string of the molecule is O=C(O)C1(O)CCC=CCCC1. The Balaban J connectivity index is 2.63. The highest BCUT2D eigenvalue weighted by Gasteiger charge is 2.34. The molecule has 2 N–H and O–H groups in total. The molecule has 1 aliphatic carbocycles. The monoisotopic (exact) mass is 170 g/mol. The zero-order valence-corrected chi connectivity index (χ0v) is 6.99. The van der Waals surface area contributed by atoms with Crippen LogP contribution in [0.15, 0.2) is 12.2 Å². The number of aliphatic hydroxyl groups is 1. The largest absolute Gasteiger partial charge is 0.479 e. The second-order valence-corrected chi connectivity index (χ2v) is 3.24. The molecule has 0 spiro atoms. The fourth-order valence-electron chi connectivity index (χ4n) is 1.41. The molecule has 1 atom stereocenters. The smallest absolute Gasteiger partial charge is 0.335 e. The summed E-state index contributed by atoms with van der Waals surface area (Å²) in [6.07, 6.45) is 6.96. The Morgan fingerprint density at radius 2 is 1.92 bits per heavy atom. The van der Waals surface area contributed by atoms with Gasteiger partial charge in [0.2, 0.25) is 0 Å². The van der Waals surface area contributed by atoms with Crippen LogP contribution in [0.25, 0.3) is 0 Å². The lowest BCUT2D eigenvalue weighted by Gasteiger charge is -2.23. The highest BCUT2D eigenvalue weighted by Crippen LogP contribution is 2.23. The van der Waals surface area contributed by atoms with Crippen molar-refractivity contribution >= 4 is 5.97 Å². The molecule has 0 saturated carbocycles. The molecular weight excluding hydrogens is 156 g/mol. The van der Waals surface area contributed by atoms with E-state index in [1.165, 1.54) is 0 Å². The van der Waals surface area contributed by atoms with Gasteiger partial charge in [-0.15, -0.1) is 0 Å². The van der Waals surface area contributed by atoms with E-state index in [0.29, 0.717) is 19.3 Å². The van der Waals surface area contributed by atoms with E-state index in [9.17, 15) is 9.90 Å². The number of carbonyl (C=O) groups is 1. The van der Waals surface area contributed by atoms with Crippen LogP contribution in [0, 0.1) is 0 Å². The van der Waals surface area contributed by atoms with Crippen LogP contribution < -0.4 is 0 Å². The fourth-order valence-corrected chi connectivity index (χ4v) is 1.41. The molecule has 0 aromatic heterocycles. The second kappa shape index (κ2) is 3.72. The van der Waals surface area contributed by atoms with Gasteiger partial charge >= 0.3 is 5.97 Å². The van der Waals surface area contributed by atoms with Gasteiger partial charge in [0.25, 0.3) is 0 Å². The van der Waals surface area contributed by atoms with Gasteiger partial charge in [0.1, 0.15) is 0 Å². The van der Waals surface area contributed by atoms with Crippen LogP contribution in [0.3, 0.4) is 0 Å². The molecule has 0 aromatic carbocycles. The van der Waals surface area contributed by atoms with E-state index in [1.807, 2.05) is 12.2 Å². The molecule has 0 bridgehead atoms. The molecule has 68 valence electrons. The predicted molar refractivity (Wildman–Crippen MR) is 44.8 cm³/mol. The van der Waals surface area contributed by atoms with Crippen molar-refractivity contribution in [1.29, 1.82) is 0 Å². The Labute approximate surface area is 71.7 Å². The van der Waals surface area contributed by atoms with Crippen molar-refractivity contribution in [3.8, 4) is 0 Å². The summed E-state index contributed by atoms with van der Waals surface area (Å²) in [4.78, 5) is 10.7. The Kier molecular flexibility index (Phi) is 2.87. The number of allylic oxidation sites excluding steroid dienone is 2. The van der Waals surface area contributed by atoms with Gasteiger partial charge in [0.15, 0.2) is 5.60 Å². The number of rotatable bonds is 1. The molecule has 0 heterocycles. The van der Waals surface area contributed by atoms with E-state index in [4.69, 9.17) is 5.11 Å². The molecular formula is C9H14O3. The first-order chi connectivity index (χ1) is 5.65. The molecule has 1 rings (SSSR count). The Morgan fingerprint density at radius 1 is 1.25 bits per heavy atom. The number of carboxylic acids is 1. The second-order valence-electron chi connectivity index (χ2n) is 3.24. The van der Waals surface area contributed by atoms with Crippen LogP contribution in [0.4, 0.5) is 0 Å². The molecule has 0 fully saturated rings. The minimum Gasteiger partial charge on any atom is -0.479 e. The third-order valence-corrected chi connectivity index (χ3v) is 2.25. The zero-order chi connectivity index (χ0) is 9.03. The Morgan fingerprint density at radius 3 is 2.58 bits per heavy atom. The zero-order valence-electron chi connectivity index (χ0n) is 6.99. The lowest BCUT2D eigenvalue weighted by atomic mass is 9.90. The average Bonchev–Trinajstić information content (AvgIpc) is 1.97. The van der Waals surface area contributed by atoms with Crippen molar-refractivity contribution in [3.63, 3.8) is 0 Å². The summed E-state index contributed by atoms with van der Waals surface area (Å²) < 4.78 is 0. The van der Waals surface area contributed by atoms with Crippen LogP contribution in [-0.4, -0.2) is 21.8 Å². The predicted octanol–water partition coefficient (Wildman–Crippen LogP) is 1.32. The standard InChI is InChI=1S/C9H14O3/c10-8(11)9(12)6-4-2-1-3-5-7-9/h1-2,12H,3-7H2,(H,10,11). The average molecular weight is 170 g/mol. The van der Waals surface area contributed by atoms with Crippen molar-refractivity contribution in [1.82, 2.24) is 0 Å². The fraction of sp³-hybridized carbons (Fsp3) is 0.667. The lowest BCUT2D eigenvalue weighted by Crippen LogP contribution is -2.38. The lowest BCUT2D eigenvalue weighted by molar-refractivity contribution is -0.160. The van der Waals surface area contributed by atoms with Crippen molar-refractivity contribution in [3.05, 3.63) is 12.2 Å². The first-order valence-corrected chi connectivity index (χ1v) is 4.26. The molecule has 0 saturated heterocycles. The van der Waals surface area contributed by atoms with Gasteiger partial charge in [-0.2, -0.15) is 0 Å². The van der Waals surface area contributed by atoms with Gasteiger partial charge in [-0.25, -0.2) is 4.79 Å². The molecule has 3 nitrogen and oxygen atoms in total. The summed E-state index contributed by atoms with van der Waals surface area (Å²) in [5, 5.41) is 18.4. The minimum absolute atomic E-state index is 0.332. The molecule has 0 aliphatic heterocycles. The van der Waals surface area contributed by atoms with Gasteiger partial charge in [-0.1, -0.05) is 12.2 Å². The molecule has 3 heteroatoms. The summed E-state index contributed by atoms with van der Waals surface area (Å²) in [6.45, 7) is 0. The van der Waals surface area contributed by atoms with Crippen molar-refractivity contribution in [2.24, 2.45) is 0 Å². The first kappa shape index (κ1) is 9.26.